The molecule has 1 aromatic carbocycles. The summed E-state index contributed by atoms with van der Waals surface area (Å²) in [6.45, 7) is 4.27. The lowest BCUT2D eigenvalue weighted by Crippen LogP contribution is -1.97. The van der Waals surface area contributed by atoms with Gasteiger partial charge in [-0.25, -0.2) is 0 Å². The van der Waals surface area contributed by atoms with Crippen molar-refractivity contribution in [3.05, 3.63) is 36.0 Å². The highest BCUT2D eigenvalue weighted by molar-refractivity contribution is 5.86. The maximum atomic E-state index is 8.92. The van der Waals surface area contributed by atoms with Crippen LogP contribution >= 0.6 is 0 Å². The van der Waals surface area contributed by atoms with Crippen LogP contribution in [0.2, 0.25) is 0 Å². The SMILES string of the molecule is CC(C)n1ccc2c(C#N)cccc21. The zero-order valence-electron chi connectivity index (χ0n) is 8.36. The quantitative estimate of drug-likeness (QED) is 0.669. The lowest BCUT2D eigenvalue weighted by atomic mass is 10.1. The number of nitrogens with zero attached hydrogens (tertiary/aromatic N) is 2. The monoisotopic (exact) mass is 184 g/mol. The van der Waals surface area contributed by atoms with E-state index in [0.29, 0.717) is 6.04 Å². The van der Waals surface area contributed by atoms with Gasteiger partial charge in [0.1, 0.15) is 0 Å². The standard InChI is InChI=1S/C12H12N2/c1-9(2)14-7-6-11-10(8-13)4-3-5-12(11)14/h3-7,9H,1-2H3. The van der Waals surface area contributed by atoms with Crippen molar-refractivity contribution in [1.82, 2.24) is 4.57 Å². The molecule has 0 atom stereocenters. The Bertz CT molecular complexity index is 501. The van der Waals surface area contributed by atoms with Crippen LogP contribution in [0.4, 0.5) is 0 Å². The van der Waals surface area contributed by atoms with Crippen LogP contribution in [-0.2, 0) is 0 Å². The van der Waals surface area contributed by atoms with Crippen molar-refractivity contribution in [2.45, 2.75) is 19.9 Å². The number of benzene rings is 1. The third kappa shape index (κ3) is 1.18. The summed E-state index contributed by atoms with van der Waals surface area (Å²) in [5.41, 5.74) is 1.89. The first-order valence-corrected chi connectivity index (χ1v) is 4.73. The molecule has 0 N–H and O–H groups in total. The molecule has 14 heavy (non-hydrogen) atoms. The molecule has 2 nitrogen and oxygen atoms in total. The van der Waals surface area contributed by atoms with Gasteiger partial charge in [0.15, 0.2) is 0 Å². The molecule has 0 unspecified atom stereocenters. The number of aromatic nitrogens is 1. The van der Waals surface area contributed by atoms with Gasteiger partial charge < -0.3 is 4.57 Å². The van der Waals surface area contributed by atoms with E-state index < -0.39 is 0 Å². The molecule has 2 rings (SSSR count). The molecular formula is C12H12N2. The lowest BCUT2D eigenvalue weighted by molar-refractivity contribution is 0.623. The molecule has 2 heteroatoms. The van der Waals surface area contributed by atoms with Crippen LogP contribution in [0.1, 0.15) is 25.5 Å². The first kappa shape index (κ1) is 8.83. The van der Waals surface area contributed by atoms with Gasteiger partial charge in [0.05, 0.1) is 11.6 Å². The van der Waals surface area contributed by atoms with Crippen molar-refractivity contribution in [1.29, 1.82) is 5.26 Å². The van der Waals surface area contributed by atoms with Gasteiger partial charge in [-0.1, -0.05) is 6.07 Å². The van der Waals surface area contributed by atoms with E-state index in [-0.39, 0.29) is 0 Å². The Labute approximate surface area is 83.4 Å². The third-order valence-electron chi connectivity index (χ3n) is 2.44. The largest absolute Gasteiger partial charge is 0.345 e. The van der Waals surface area contributed by atoms with Crippen molar-refractivity contribution < 1.29 is 0 Å². The lowest BCUT2D eigenvalue weighted by Gasteiger charge is -2.08. The molecule has 0 aliphatic heterocycles. The van der Waals surface area contributed by atoms with E-state index in [1.165, 1.54) is 0 Å². The van der Waals surface area contributed by atoms with Crippen LogP contribution in [0.25, 0.3) is 10.9 Å². The molecule has 0 saturated carbocycles. The summed E-state index contributed by atoms with van der Waals surface area (Å²) in [6, 6.07) is 10.5. The molecular weight excluding hydrogens is 172 g/mol. The smallest absolute Gasteiger partial charge is 0.0998 e. The second kappa shape index (κ2) is 3.19. The van der Waals surface area contributed by atoms with Gasteiger partial charge in [0, 0.05) is 23.1 Å². The van der Waals surface area contributed by atoms with Crippen molar-refractivity contribution in [3.8, 4) is 6.07 Å². The molecule has 0 saturated heterocycles. The Morgan fingerprint density at radius 2 is 2.07 bits per heavy atom. The predicted molar refractivity (Wildman–Crippen MR) is 57.0 cm³/mol. The van der Waals surface area contributed by atoms with E-state index in [2.05, 4.69) is 30.6 Å². The van der Waals surface area contributed by atoms with Crippen LogP contribution in [0, 0.1) is 11.3 Å². The third-order valence-corrected chi connectivity index (χ3v) is 2.44. The fraction of sp³-hybridized carbons (Fsp3) is 0.250. The summed E-state index contributed by atoms with van der Waals surface area (Å²) >= 11 is 0. The molecule has 0 radical (unpaired) electrons. The maximum absolute atomic E-state index is 8.92. The Morgan fingerprint density at radius 3 is 2.71 bits per heavy atom. The Hall–Kier alpha value is -1.75. The first-order valence-electron chi connectivity index (χ1n) is 4.73. The molecule has 0 fully saturated rings. The van der Waals surface area contributed by atoms with E-state index >= 15 is 0 Å². The second-order valence-electron chi connectivity index (χ2n) is 3.67. The van der Waals surface area contributed by atoms with E-state index in [1.807, 2.05) is 24.4 Å². The van der Waals surface area contributed by atoms with Gasteiger partial charge in [-0.05, 0) is 32.0 Å². The van der Waals surface area contributed by atoms with Gasteiger partial charge in [-0.15, -0.1) is 0 Å². The summed E-state index contributed by atoms with van der Waals surface area (Å²) in [6.07, 6.45) is 2.04. The fourth-order valence-corrected chi connectivity index (χ4v) is 1.74. The highest BCUT2D eigenvalue weighted by Gasteiger charge is 2.06. The van der Waals surface area contributed by atoms with Crippen molar-refractivity contribution in [3.63, 3.8) is 0 Å². The van der Waals surface area contributed by atoms with Gasteiger partial charge in [0.2, 0.25) is 0 Å². The second-order valence-corrected chi connectivity index (χ2v) is 3.67. The van der Waals surface area contributed by atoms with Crippen LogP contribution in [-0.4, -0.2) is 4.57 Å². The molecule has 0 amide bonds. The van der Waals surface area contributed by atoms with Crippen molar-refractivity contribution >= 4 is 10.9 Å². The Kier molecular flexibility index (Phi) is 2.01. The molecule has 0 aliphatic carbocycles. The zero-order chi connectivity index (χ0) is 10.1. The minimum Gasteiger partial charge on any atom is -0.345 e. The summed E-state index contributed by atoms with van der Waals surface area (Å²) in [5, 5.41) is 9.97. The summed E-state index contributed by atoms with van der Waals surface area (Å²) in [7, 11) is 0. The summed E-state index contributed by atoms with van der Waals surface area (Å²) in [4.78, 5) is 0. The van der Waals surface area contributed by atoms with Crippen LogP contribution in [0.15, 0.2) is 30.5 Å². The zero-order valence-corrected chi connectivity index (χ0v) is 8.36. The molecule has 1 heterocycles. The number of fused-ring (bicyclic) bond motifs is 1. The van der Waals surface area contributed by atoms with E-state index in [0.717, 1.165) is 16.5 Å². The van der Waals surface area contributed by atoms with Gasteiger partial charge in [-0.2, -0.15) is 5.26 Å². The molecule has 70 valence electrons. The van der Waals surface area contributed by atoms with Crippen LogP contribution in [0.3, 0.4) is 0 Å². The van der Waals surface area contributed by atoms with E-state index in [4.69, 9.17) is 5.26 Å². The highest BCUT2D eigenvalue weighted by Crippen LogP contribution is 2.22. The topological polar surface area (TPSA) is 28.7 Å². The molecule has 0 aliphatic rings. The minimum absolute atomic E-state index is 0.432. The molecule has 2 aromatic rings. The Morgan fingerprint density at radius 1 is 1.29 bits per heavy atom. The number of rotatable bonds is 1. The van der Waals surface area contributed by atoms with Crippen molar-refractivity contribution in [2.75, 3.05) is 0 Å². The van der Waals surface area contributed by atoms with Gasteiger partial charge in [0.25, 0.3) is 0 Å². The fourth-order valence-electron chi connectivity index (χ4n) is 1.74. The number of hydrogen-bond donors (Lipinski definition) is 0. The number of hydrogen-bond acceptors (Lipinski definition) is 1. The van der Waals surface area contributed by atoms with Crippen LogP contribution in [0.5, 0.6) is 0 Å². The average molecular weight is 184 g/mol. The predicted octanol–water partition coefficient (Wildman–Crippen LogP) is 3.09. The molecule has 0 bridgehead atoms. The van der Waals surface area contributed by atoms with E-state index in [9.17, 15) is 0 Å². The summed E-state index contributed by atoms with van der Waals surface area (Å²) < 4.78 is 2.18. The van der Waals surface area contributed by atoms with Crippen LogP contribution < -0.4 is 0 Å². The minimum atomic E-state index is 0.432. The molecule has 0 spiro atoms. The van der Waals surface area contributed by atoms with Gasteiger partial charge >= 0.3 is 0 Å². The van der Waals surface area contributed by atoms with Crippen molar-refractivity contribution in [2.24, 2.45) is 0 Å². The highest BCUT2D eigenvalue weighted by atomic mass is 15.0. The summed E-state index contributed by atoms with van der Waals surface area (Å²) in [5.74, 6) is 0. The first-order chi connectivity index (χ1) is 6.74. The van der Waals surface area contributed by atoms with Gasteiger partial charge in [-0.3, -0.25) is 0 Å². The van der Waals surface area contributed by atoms with E-state index in [1.54, 1.807) is 0 Å². The maximum Gasteiger partial charge on any atom is 0.0998 e. The Balaban J connectivity index is 2.77. The molecule has 1 aromatic heterocycles. The normalized spacial score (nSPS) is 10.7. The average Bonchev–Trinajstić information content (AvgIpc) is 2.60. The number of nitriles is 1.